The van der Waals surface area contributed by atoms with Gasteiger partial charge in [0.25, 0.3) is 0 Å². The molecule has 6 nitrogen and oxygen atoms in total. The molecule has 0 bridgehead atoms. The summed E-state index contributed by atoms with van der Waals surface area (Å²) in [6.45, 7) is 6.47. The molecule has 0 radical (unpaired) electrons. The highest BCUT2D eigenvalue weighted by atomic mass is 16.6. The lowest BCUT2D eigenvalue weighted by Gasteiger charge is -2.18. The van der Waals surface area contributed by atoms with Crippen molar-refractivity contribution >= 4 is 17.9 Å². The minimum absolute atomic E-state index is 0.118. The van der Waals surface area contributed by atoms with E-state index in [1.54, 1.807) is 0 Å². The summed E-state index contributed by atoms with van der Waals surface area (Å²) in [5.41, 5.74) is 0. The topological polar surface area (TPSA) is 78.9 Å². The van der Waals surface area contributed by atoms with Crippen LogP contribution in [-0.4, -0.2) is 37.2 Å². The van der Waals surface area contributed by atoms with Gasteiger partial charge in [-0.15, -0.1) is 0 Å². The summed E-state index contributed by atoms with van der Waals surface area (Å²) in [5.74, 6) is -1.05. The molecule has 0 aromatic heterocycles. The third kappa shape index (κ3) is 45.8. The second kappa shape index (κ2) is 47.5. The van der Waals surface area contributed by atoms with Gasteiger partial charge >= 0.3 is 17.9 Å². The SMILES string of the molecule is CCCC/C=C\CCCCCCCC(=O)OCC(COC(=O)CCC/C=C\C/C=C\C/C=C\CCCCCCCC)OC(=O)CC/C=C\C/C=C\CCCCCCCC. The van der Waals surface area contributed by atoms with Crippen LogP contribution in [0.4, 0.5) is 0 Å². The van der Waals surface area contributed by atoms with Gasteiger partial charge in [-0.2, -0.15) is 0 Å². The van der Waals surface area contributed by atoms with Gasteiger partial charge in [0.05, 0.1) is 0 Å². The van der Waals surface area contributed by atoms with Gasteiger partial charge < -0.3 is 14.2 Å². The lowest BCUT2D eigenvalue weighted by atomic mass is 10.1. The molecule has 0 aromatic rings. The minimum atomic E-state index is -0.827. The van der Waals surface area contributed by atoms with Crippen LogP contribution in [0.3, 0.4) is 0 Å². The Kier molecular flexibility index (Phi) is 45.0. The first-order valence-electron chi connectivity index (χ1n) is 24.4. The van der Waals surface area contributed by atoms with E-state index in [0.29, 0.717) is 19.3 Å². The molecule has 0 aliphatic carbocycles. The van der Waals surface area contributed by atoms with Gasteiger partial charge in [-0.25, -0.2) is 0 Å². The molecule has 0 aliphatic rings. The molecule has 0 saturated heterocycles. The molecule has 0 aliphatic heterocycles. The summed E-state index contributed by atoms with van der Waals surface area (Å²) in [5, 5.41) is 0. The monoisotopic (exact) mass is 823 g/mol. The molecule has 59 heavy (non-hydrogen) atoms. The maximum atomic E-state index is 12.7. The molecule has 0 fully saturated rings. The van der Waals surface area contributed by atoms with Crippen molar-refractivity contribution in [3.8, 4) is 0 Å². The van der Waals surface area contributed by atoms with Gasteiger partial charge in [0, 0.05) is 19.3 Å². The van der Waals surface area contributed by atoms with E-state index in [0.717, 1.165) is 64.2 Å². The highest BCUT2D eigenvalue weighted by Crippen LogP contribution is 2.12. The van der Waals surface area contributed by atoms with Gasteiger partial charge in [-0.3, -0.25) is 14.4 Å². The van der Waals surface area contributed by atoms with Crippen LogP contribution in [0.25, 0.3) is 0 Å². The van der Waals surface area contributed by atoms with Crippen LogP contribution in [-0.2, 0) is 28.6 Å². The highest BCUT2D eigenvalue weighted by molar-refractivity contribution is 5.71. The lowest BCUT2D eigenvalue weighted by molar-refractivity contribution is -0.166. The Morgan fingerprint density at radius 3 is 1.15 bits per heavy atom. The maximum Gasteiger partial charge on any atom is 0.306 e. The zero-order chi connectivity index (χ0) is 43.0. The second-order valence-corrected chi connectivity index (χ2v) is 16.0. The number of esters is 3. The molecule has 0 amide bonds. The van der Waals surface area contributed by atoms with Crippen LogP contribution in [0.15, 0.2) is 72.9 Å². The predicted molar refractivity (Wildman–Crippen MR) is 251 cm³/mol. The number of ether oxygens (including phenoxy) is 3. The van der Waals surface area contributed by atoms with E-state index in [9.17, 15) is 14.4 Å². The quantitative estimate of drug-likeness (QED) is 0.0264. The van der Waals surface area contributed by atoms with Gasteiger partial charge in [0.15, 0.2) is 6.10 Å². The van der Waals surface area contributed by atoms with Crippen LogP contribution in [0.2, 0.25) is 0 Å². The predicted octanol–water partition coefficient (Wildman–Crippen LogP) is 15.9. The smallest absolute Gasteiger partial charge is 0.306 e. The molecular weight excluding hydrogens is 733 g/mol. The van der Waals surface area contributed by atoms with Crippen LogP contribution < -0.4 is 0 Å². The number of carbonyl (C=O) groups excluding carboxylic acids is 3. The fourth-order valence-corrected chi connectivity index (χ4v) is 6.43. The average Bonchev–Trinajstić information content (AvgIpc) is 3.23. The molecule has 1 unspecified atom stereocenters. The molecule has 0 saturated carbocycles. The second-order valence-electron chi connectivity index (χ2n) is 16.0. The highest BCUT2D eigenvalue weighted by Gasteiger charge is 2.19. The molecule has 338 valence electrons. The zero-order valence-corrected chi connectivity index (χ0v) is 38.5. The molecule has 0 spiro atoms. The Bertz CT molecular complexity index is 1130. The Morgan fingerprint density at radius 1 is 0.339 bits per heavy atom. The van der Waals surface area contributed by atoms with Crippen LogP contribution in [0, 0.1) is 0 Å². The lowest BCUT2D eigenvalue weighted by Crippen LogP contribution is -2.30. The number of hydrogen-bond acceptors (Lipinski definition) is 6. The van der Waals surface area contributed by atoms with E-state index in [1.165, 1.54) is 109 Å². The Labute approximate surface area is 363 Å². The number of hydrogen-bond donors (Lipinski definition) is 0. The maximum absolute atomic E-state index is 12.7. The van der Waals surface area contributed by atoms with Crippen molar-refractivity contribution in [1.82, 2.24) is 0 Å². The van der Waals surface area contributed by atoms with Crippen LogP contribution >= 0.6 is 0 Å². The summed E-state index contributed by atoms with van der Waals surface area (Å²) in [6.07, 6.45) is 59.0. The van der Waals surface area contributed by atoms with Gasteiger partial charge in [-0.05, 0) is 89.9 Å². The number of carbonyl (C=O) groups is 3. The summed E-state index contributed by atoms with van der Waals surface area (Å²) < 4.78 is 16.6. The molecule has 1 atom stereocenters. The van der Waals surface area contributed by atoms with E-state index in [2.05, 4.69) is 87.6 Å². The Balaban J connectivity index is 4.52. The average molecular weight is 823 g/mol. The molecular formula is C53H90O6. The van der Waals surface area contributed by atoms with Gasteiger partial charge in [-0.1, -0.05) is 190 Å². The summed E-state index contributed by atoms with van der Waals surface area (Å²) in [7, 11) is 0. The third-order valence-corrected chi connectivity index (χ3v) is 10.2. The first kappa shape index (κ1) is 55.9. The molecule has 0 N–H and O–H groups in total. The summed E-state index contributed by atoms with van der Waals surface area (Å²) in [4.78, 5) is 37.8. The Hall–Kier alpha value is -3.15. The third-order valence-electron chi connectivity index (χ3n) is 10.2. The fraction of sp³-hybridized carbons (Fsp3) is 0.717. The first-order valence-corrected chi connectivity index (χ1v) is 24.4. The normalized spacial score (nSPS) is 12.7. The largest absolute Gasteiger partial charge is 0.462 e. The minimum Gasteiger partial charge on any atom is -0.462 e. The van der Waals surface area contributed by atoms with Crippen molar-refractivity contribution in [2.75, 3.05) is 13.2 Å². The van der Waals surface area contributed by atoms with Gasteiger partial charge in [0.2, 0.25) is 0 Å². The van der Waals surface area contributed by atoms with Crippen molar-refractivity contribution in [1.29, 1.82) is 0 Å². The summed E-state index contributed by atoms with van der Waals surface area (Å²) >= 11 is 0. The zero-order valence-electron chi connectivity index (χ0n) is 38.5. The molecule has 0 rings (SSSR count). The molecule has 0 aromatic carbocycles. The first-order chi connectivity index (χ1) is 29.0. The van der Waals surface area contributed by atoms with Crippen molar-refractivity contribution in [2.45, 2.75) is 232 Å². The van der Waals surface area contributed by atoms with Crippen molar-refractivity contribution in [2.24, 2.45) is 0 Å². The van der Waals surface area contributed by atoms with Crippen molar-refractivity contribution in [3.63, 3.8) is 0 Å². The molecule has 6 heteroatoms. The van der Waals surface area contributed by atoms with E-state index in [4.69, 9.17) is 14.2 Å². The number of allylic oxidation sites excluding steroid dienone is 12. The molecule has 0 heterocycles. The van der Waals surface area contributed by atoms with Crippen molar-refractivity contribution < 1.29 is 28.6 Å². The number of rotatable bonds is 43. The standard InChI is InChI=1S/C53H90O6/c1-4-7-10-13-16-19-22-24-25-26-27-29-31-34-37-40-43-46-52(55)58-49-50(48-57-51(54)45-42-39-36-33-30-21-18-15-12-9-6-3)59-53(56)47-44-41-38-35-32-28-23-20-17-14-11-8-5-2/h15,18,24-25,27-29,32,34,37-38,41,50H,4-14,16-17,19-23,26,30-31,33,35-36,39-40,42-49H2,1-3H3/b18-15-,25-24-,29-27-,32-28-,37-34-,41-38-. The van der Waals surface area contributed by atoms with Gasteiger partial charge in [0.1, 0.15) is 13.2 Å². The van der Waals surface area contributed by atoms with Crippen LogP contribution in [0.1, 0.15) is 226 Å². The summed E-state index contributed by atoms with van der Waals surface area (Å²) in [6, 6.07) is 0. The van der Waals surface area contributed by atoms with E-state index in [1.807, 2.05) is 6.08 Å². The Morgan fingerprint density at radius 2 is 0.678 bits per heavy atom. The van der Waals surface area contributed by atoms with Crippen molar-refractivity contribution in [3.05, 3.63) is 72.9 Å². The van der Waals surface area contributed by atoms with E-state index >= 15 is 0 Å². The van der Waals surface area contributed by atoms with E-state index < -0.39 is 12.1 Å². The number of unbranched alkanes of at least 4 members (excludes halogenated alkanes) is 20. The van der Waals surface area contributed by atoms with E-state index in [-0.39, 0.29) is 38.0 Å². The van der Waals surface area contributed by atoms with Crippen LogP contribution in [0.5, 0.6) is 0 Å². The fourth-order valence-electron chi connectivity index (χ4n) is 6.43.